The summed E-state index contributed by atoms with van der Waals surface area (Å²) in [6.07, 6.45) is 0. The molecule has 2 N–H and O–H groups in total. The van der Waals surface area contributed by atoms with Crippen LogP contribution in [0.5, 0.6) is 5.75 Å². The Morgan fingerprint density at radius 1 is 1.14 bits per heavy atom. The maximum absolute atomic E-state index is 5.62. The van der Waals surface area contributed by atoms with Gasteiger partial charge < -0.3 is 15.0 Å². The summed E-state index contributed by atoms with van der Waals surface area (Å²) in [6, 6.07) is 15.1. The lowest BCUT2D eigenvalue weighted by Gasteiger charge is -2.02. The van der Waals surface area contributed by atoms with Crippen LogP contribution in [0.25, 0.3) is 11.5 Å². The van der Waals surface area contributed by atoms with Gasteiger partial charge in [-0.15, -0.1) is 0 Å². The molecule has 0 bridgehead atoms. The first-order valence-electron chi connectivity index (χ1n) is 6.59. The summed E-state index contributed by atoms with van der Waals surface area (Å²) in [7, 11) is 0. The number of ether oxygens (including phenoxy) is 1. The van der Waals surface area contributed by atoms with E-state index in [1.54, 1.807) is 24.3 Å². The number of hydrogen-bond donors (Lipinski definition) is 1. The number of aryl methyl sites for hydroxylation is 1. The highest BCUT2D eigenvalue weighted by atomic mass is 16.5. The van der Waals surface area contributed by atoms with E-state index in [0.29, 0.717) is 23.2 Å². The zero-order valence-electron chi connectivity index (χ0n) is 11.6. The molecule has 5 heteroatoms. The molecule has 0 aliphatic rings. The Balaban J connectivity index is 1.69. The molecule has 3 aromatic rings. The molecule has 5 nitrogen and oxygen atoms in total. The zero-order chi connectivity index (χ0) is 14.7. The van der Waals surface area contributed by atoms with Crippen molar-refractivity contribution in [2.75, 3.05) is 5.73 Å². The van der Waals surface area contributed by atoms with Crippen molar-refractivity contribution in [1.82, 2.24) is 10.1 Å². The van der Waals surface area contributed by atoms with Crippen molar-refractivity contribution in [2.24, 2.45) is 0 Å². The van der Waals surface area contributed by atoms with E-state index in [1.165, 1.54) is 0 Å². The number of benzene rings is 2. The Morgan fingerprint density at radius 2 is 1.95 bits per heavy atom. The van der Waals surface area contributed by atoms with E-state index in [2.05, 4.69) is 10.1 Å². The second kappa shape index (κ2) is 5.66. The van der Waals surface area contributed by atoms with Crippen molar-refractivity contribution in [3.05, 3.63) is 59.9 Å². The van der Waals surface area contributed by atoms with Crippen molar-refractivity contribution in [1.29, 1.82) is 0 Å². The molecule has 0 radical (unpaired) electrons. The van der Waals surface area contributed by atoms with Crippen LogP contribution in [0.4, 0.5) is 5.69 Å². The third kappa shape index (κ3) is 3.20. The smallest absolute Gasteiger partial charge is 0.258 e. The quantitative estimate of drug-likeness (QED) is 0.743. The largest absolute Gasteiger partial charge is 0.485 e. The third-order valence-corrected chi connectivity index (χ3v) is 2.98. The molecule has 0 amide bonds. The Morgan fingerprint density at radius 3 is 2.71 bits per heavy atom. The molecule has 3 rings (SSSR count). The van der Waals surface area contributed by atoms with Crippen LogP contribution in [0.15, 0.2) is 53.1 Å². The van der Waals surface area contributed by atoms with Gasteiger partial charge in [0, 0.05) is 11.3 Å². The second-order valence-electron chi connectivity index (χ2n) is 4.74. The van der Waals surface area contributed by atoms with Gasteiger partial charge in [0.15, 0.2) is 6.61 Å². The third-order valence-electron chi connectivity index (χ3n) is 2.98. The van der Waals surface area contributed by atoms with Crippen LogP contribution in [0.2, 0.25) is 0 Å². The van der Waals surface area contributed by atoms with E-state index >= 15 is 0 Å². The van der Waals surface area contributed by atoms with E-state index < -0.39 is 0 Å². The van der Waals surface area contributed by atoms with Gasteiger partial charge in [0.05, 0.1) is 0 Å². The summed E-state index contributed by atoms with van der Waals surface area (Å²) in [5.41, 5.74) is 8.36. The first-order chi connectivity index (χ1) is 10.2. The van der Waals surface area contributed by atoms with Crippen molar-refractivity contribution < 1.29 is 9.26 Å². The minimum Gasteiger partial charge on any atom is -0.485 e. The van der Waals surface area contributed by atoms with Gasteiger partial charge in [-0.3, -0.25) is 0 Å². The SMILES string of the molecule is Cc1cccc(-c2nc(COc3ccc(N)cc3)no2)c1. The van der Waals surface area contributed by atoms with Crippen molar-refractivity contribution in [3.8, 4) is 17.2 Å². The molecular formula is C16H15N3O2. The van der Waals surface area contributed by atoms with E-state index in [-0.39, 0.29) is 6.61 Å². The molecule has 0 aliphatic carbocycles. The predicted molar refractivity (Wildman–Crippen MR) is 79.7 cm³/mol. The number of nitrogen functional groups attached to an aromatic ring is 1. The molecule has 0 aliphatic heterocycles. The number of hydrogen-bond acceptors (Lipinski definition) is 5. The van der Waals surface area contributed by atoms with E-state index in [4.69, 9.17) is 15.0 Å². The topological polar surface area (TPSA) is 74.2 Å². The van der Waals surface area contributed by atoms with E-state index in [9.17, 15) is 0 Å². The normalized spacial score (nSPS) is 10.5. The Bertz CT molecular complexity index is 735. The lowest BCUT2D eigenvalue weighted by molar-refractivity contribution is 0.287. The zero-order valence-corrected chi connectivity index (χ0v) is 11.6. The highest BCUT2D eigenvalue weighted by Crippen LogP contribution is 2.19. The molecule has 21 heavy (non-hydrogen) atoms. The summed E-state index contributed by atoms with van der Waals surface area (Å²) in [6.45, 7) is 2.27. The van der Waals surface area contributed by atoms with Crippen molar-refractivity contribution in [2.45, 2.75) is 13.5 Å². The van der Waals surface area contributed by atoms with Gasteiger partial charge in [0.25, 0.3) is 5.89 Å². The minimum absolute atomic E-state index is 0.249. The van der Waals surface area contributed by atoms with Gasteiger partial charge >= 0.3 is 0 Å². The fourth-order valence-corrected chi connectivity index (χ4v) is 1.92. The van der Waals surface area contributed by atoms with Crippen LogP contribution in [-0.4, -0.2) is 10.1 Å². The summed E-state index contributed by atoms with van der Waals surface area (Å²) in [5, 5.41) is 3.92. The summed E-state index contributed by atoms with van der Waals surface area (Å²) >= 11 is 0. The maximum Gasteiger partial charge on any atom is 0.258 e. The molecule has 0 saturated carbocycles. The van der Waals surface area contributed by atoms with Crippen molar-refractivity contribution >= 4 is 5.69 Å². The number of aromatic nitrogens is 2. The highest BCUT2D eigenvalue weighted by molar-refractivity contribution is 5.53. The lowest BCUT2D eigenvalue weighted by atomic mass is 10.1. The summed E-state index contributed by atoms with van der Waals surface area (Å²) in [4.78, 5) is 4.33. The van der Waals surface area contributed by atoms with Crippen LogP contribution in [0, 0.1) is 6.92 Å². The van der Waals surface area contributed by atoms with Crippen LogP contribution >= 0.6 is 0 Å². The van der Waals surface area contributed by atoms with Gasteiger partial charge in [-0.1, -0.05) is 22.9 Å². The van der Waals surface area contributed by atoms with E-state index in [0.717, 1.165) is 11.1 Å². The molecule has 106 valence electrons. The highest BCUT2D eigenvalue weighted by Gasteiger charge is 2.09. The average Bonchev–Trinajstić information content (AvgIpc) is 2.96. The number of rotatable bonds is 4. The number of nitrogens with two attached hydrogens (primary N) is 1. The average molecular weight is 281 g/mol. The standard InChI is InChI=1S/C16H15N3O2/c1-11-3-2-4-12(9-11)16-18-15(19-21-16)10-20-14-7-5-13(17)6-8-14/h2-9H,10,17H2,1H3. The molecule has 0 atom stereocenters. The van der Waals surface area contributed by atoms with Gasteiger partial charge in [-0.25, -0.2) is 0 Å². The molecule has 0 saturated heterocycles. The molecular weight excluding hydrogens is 266 g/mol. The van der Waals surface area contributed by atoms with Crippen molar-refractivity contribution in [3.63, 3.8) is 0 Å². The molecule has 0 unspecified atom stereocenters. The summed E-state index contributed by atoms with van der Waals surface area (Å²) in [5.74, 6) is 1.71. The van der Waals surface area contributed by atoms with E-state index in [1.807, 2.05) is 31.2 Å². The molecule has 1 heterocycles. The maximum atomic E-state index is 5.62. The molecule has 1 aromatic heterocycles. The number of anilines is 1. The monoisotopic (exact) mass is 281 g/mol. The molecule has 0 spiro atoms. The second-order valence-corrected chi connectivity index (χ2v) is 4.74. The van der Waals surface area contributed by atoms with Gasteiger partial charge in [-0.2, -0.15) is 4.98 Å². The first-order valence-corrected chi connectivity index (χ1v) is 6.59. The van der Waals surface area contributed by atoms with Gasteiger partial charge in [0.1, 0.15) is 5.75 Å². The Labute approximate surface area is 122 Å². The van der Waals surface area contributed by atoms with Crippen LogP contribution < -0.4 is 10.5 Å². The Kier molecular flexibility index (Phi) is 3.55. The molecule has 0 fully saturated rings. The lowest BCUT2D eigenvalue weighted by Crippen LogP contribution is -1.97. The molecule has 2 aromatic carbocycles. The van der Waals surface area contributed by atoms with Gasteiger partial charge in [0.2, 0.25) is 5.82 Å². The first kappa shape index (κ1) is 13.2. The fraction of sp³-hybridized carbons (Fsp3) is 0.125. The summed E-state index contributed by atoms with van der Waals surface area (Å²) < 4.78 is 10.8. The minimum atomic E-state index is 0.249. The predicted octanol–water partition coefficient (Wildman–Crippen LogP) is 3.21. The van der Waals surface area contributed by atoms with Crippen LogP contribution in [-0.2, 0) is 6.61 Å². The van der Waals surface area contributed by atoms with Crippen LogP contribution in [0.1, 0.15) is 11.4 Å². The Hall–Kier alpha value is -2.82. The van der Waals surface area contributed by atoms with Crippen LogP contribution in [0.3, 0.4) is 0 Å². The van der Waals surface area contributed by atoms with Gasteiger partial charge in [-0.05, 0) is 43.3 Å². The fourth-order valence-electron chi connectivity index (χ4n) is 1.92. The number of nitrogens with zero attached hydrogens (tertiary/aromatic N) is 2.